The summed E-state index contributed by atoms with van der Waals surface area (Å²) in [5.74, 6) is 0.535. The minimum absolute atomic E-state index is 0.0414. The minimum atomic E-state index is -0.0414. The van der Waals surface area contributed by atoms with E-state index in [2.05, 4.69) is 4.98 Å². The second-order valence-electron chi connectivity index (χ2n) is 4.09. The summed E-state index contributed by atoms with van der Waals surface area (Å²) in [6, 6.07) is 1.78. The second-order valence-corrected chi connectivity index (χ2v) is 4.09. The van der Waals surface area contributed by atoms with Gasteiger partial charge in [0.05, 0.1) is 31.1 Å². The molecule has 0 aromatic carbocycles. The van der Waals surface area contributed by atoms with Gasteiger partial charge in [-0.25, -0.2) is 0 Å². The van der Waals surface area contributed by atoms with Gasteiger partial charge in [-0.15, -0.1) is 0 Å². The molecule has 0 amide bonds. The third-order valence-electron chi connectivity index (χ3n) is 2.48. The molecule has 0 aliphatic carbocycles. The number of hydrogen-bond acceptors (Lipinski definition) is 5. The Hall–Kier alpha value is -1.66. The lowest BCUT2D eigenvalue weighted by molar-refractivity contribution is 0.0543. The van der Waals surface area contributed by atoms with Crippen LogP contribution in [0.3, 0.4) is 0 Å². The van der Waals surface area contributed by atoms with Crippen LogP contribution in [-0.2, 0) is 9.47 Å². The van der Waals surface area contributed by atoms with Gasteiger partial charge in [-0.3, -0.25) is 10.4 Å². The fourth-order valence-electron chi connectivity index (χ4n) is 1.69. The Morgan fingerprint density at radius 1 is 1.26 bits per heavy atom. The zero-order valence-electron chi connectivity index (χ0n) is 11.7. The van der Waals surface area contributed by atoms with Crippen molar-refractivity contribution in [2.45, 2.75) is 13.8 Å². The van der Waals surface area contributed by atoms with Gasteiger partial charge in [-0.2, -0.15) is 0 Å². The fourth-order valence-corrected chi connectivity index (χ4v) is 1.69. The van der Waals surface area contributed by atoms with Crippen molar-refractivity contribution in [3.05, 3.63) is 23.0 Å². The number of methoxy groups -OCH3 is 1. The molecule has 6 nitrogen and oxygen atoms in total. The number of nitrogens with two attached hydrogens (primary N) is 1. The van der Waals surface area contributed by atoms with Gasteiger partial charge >= 0.3 is 0 Å². The van der Waals surface area contributed by atoms with Crippen molar-refractivity contribution in [3.8, 4) is 5.75 Å². The van der Waals surface area contributed by atoms with Crippen LogP contribution >= 0.6 is 0 Å². The number of aromatic nitrogens is 1. The van der Waals surface area contributed by atoms with E-state index in [-0.39, 0.29) is 5.84 Å². The van der Waals surface area contributed by atoms with Gasteiger partial charge in [-0.05, 0) is 13.8 Å². The Kier molecular flexibility index (Phi) is 6.24. The van der Waals surface area contributed by atoms with Gasteiger partial charge in [0.15, 0.2) is 0 Å². The van der Waals surface area contributed by atoms with Crippen LogP contribution in [0.1, 0.15) is 17.0 Å². The normalized spacial score (nSPS) is 10.5. The maximum absolute atomic E-state index is 7.57. The van der Waals surface area contributed by atoms with Crippen molar-refractivity contribution < 1.29 is 14.2 Å². The molecule has 106 valence electrons. The average Bonchev–Trinajstić information content (AvgIpc) is 2.32. The predicted molar refractivity (Wildman–Crippen MR) is 72.9 cm³/mol. The number of hydrogen-bond donors (Lipinski definition) is 2. The van der Waals surface area contributed by atoms with Gasteiger partial charge < -0.3 is 19.9 Å². The Labute approximate surface area is 113 Å². The van der Waals surface area contributed by atoms with E-state index in [1.165, 1.54) is 0 Å². The maximum Gasteiger partial charge on any atom is 0.133 e. The standard InChI is InChI=1S/C13H21N3O3/c1-9-8-11(12(13(14)15)10(2)16-9)19-7-6-18-5-4-17-3/h8H,4-7H2,1-3H3,(H3,14,15). The van der Waals surface area contributed by atoms with Crippen LogP contribution in [0.4, 0.5) is 0 Å². The lowest BCUT2D eigenvalue weighted by atomic mass is 10.1. The van der Waals surface area contributed by atoms with Gasteiger partial charge in [0.2, 0.25) is 0 Å². The van der Waals surface area contributed by atoms with E-state index in [1.807, 2.05) is 13.8 Å². The molecule has 1 rings (SSSR count). The molecule has 0 saturated carbocycles. The van der Waals surface area contributed by atoms with Crippen LogP contribution in [-0.4, -0.2) is 44.4 Å². The molecular formula is C13H21N3O3. The summed E-state index contributed by atoms with van der Waals surface area (Å²) >= 11 is 0. The average molecular weight is 267 g/mol. The van der Waals surface area contributed by atoms with Crippen molar-refractivity contribution in [2.75, 3.05) is 33.5 Å². The second kappa shape index (κ2) is 7.70. The minimum Gasteiger partial charge on any atom is -0.490 e. The lowest BCUT2D eigenvalue weighted by Crippen LogP contribution is -2.18. The number of amidine groups is 1. The van der Waals surface area contributed by atoms with E-state index in [4.69, 9.17) is 25.4 Å². The zero-order valence-corrected chi connectivity index (χ0v) is 11.7. The summed E-state index contributed by atoms with van der Waals surface area (Å²) in [5.41, 5.74) is 7.62. The first-order valence-electron chi connectivity index (χ1n) is 6.08. The molecule has 0 aliphatic heterocycles. The highest BCUT2D eigenvalue weighted by Gasteiger charge is 2.12. The smallest absolute Gasteiger partial charge is 0.133 e. The first-order chi connectivity index (χ1) is 9.06. The molecule has 0 spiro atoms. The topological polar surface area (TPSA) is 90.5 Å². The fraction of sp³-hybridized carbons (Fsp3) is 0.538. The highest BCUT2D eigenvalue weighted by Crippen LogP contribution is 2.21. The predicted octanol–water partition coefficient (Wildman–Crippen LogP) is 1.02. The van der Waals surface area contributed by atoms with Crippen molar-refractivity contribution >= 4 is 5.84 Å². The number of nitrogen functional groups attached to an aromatic ring is 1. The Morgan fingerprint density at radius 3 is 2.58 bits per heavy atom. The van der Waals surface area contributed by atoms with E-state index in [1.54, 1.807) is 13.2 Å². The largest absolute Gasteiger partial charge is 0.490 e. The summed E-state index contributed by atoms with van der Waals surface area (Å²) in [4.78, 5) is 4.28. The number of ether oxygens (including phenoxy) is 3. The van der Waals surface area contributed by atoms with Crippen molar-refractivity contribution in [1.82, 2.24) is 4.98 Å². The molecule has 0 unspecified atom stereocenters. The molecule has 3 N–H and O–H groups in total. The summed E-state index contributed by atoms with van der Waals surface area (Å²) in [5, 5.41) is 7.57. The zero-order chi connectivity index (χ0) is 14.3. The lowest BCUT2D eigenvalue weighted by Gasteiger charge is -2.13. The molecule has 6 heteroatoms. The van der Waals surface area contributed by atoms with Gasteiger partial charge in [0, 0.05) is 18.9 Å². The molecule has 0 saturated heterocycles. The number of aryl methyl sites for hydroxylation is 2. The van der Waals surface area contributed by atoms with Gasteiger partial charge in [-0.1, -0.05) is 0 Å². The molecule has 1 aromatic heterocycles. The molecule has 0 aliphatic rings. The highest BCUT2D eigenvalue weighted by molar-refractivity contribution is 5.98. The van der Waals surface area contributed by atoms with Crippen molar-refractivity contribution in [2.24, 2.45) is 5.73 Å². The molecule has 1 heterocycles. The molecule has 19 heavy (non-hydrogen) atoms. The van der Waals surface area contributed by atoms with E-state index >= 15 is 0 Å². The first-order valence-corrected chi connectivity index (χ1v) is 6.08. The number of nitrogens with one attached hydrogen (secondary N) is 1. The Balaban J connectivity index is 2.59. The van der Waals surface area contributed by atoms with Crippen molar-refractivity contribution in [1.29, 1.82) is 5.41 Å². The molecular weight excluding hydrogens is 246 g/mol. The van der Waals surface area contributed by atoms with Crippen LogP contribution < -0.4 is 10.5 Å². The summed E-state index contributed by atoms with van der Waals surface area (Å²) in [6.07, 6.45) is 0. The summed E-state index contributed by atoms with van der Waals surface area (Å²) in [7, 11) is 1.63. The first kappa shape index (κ1) is 15.4. The van der Waals surface area contributed by atoms with Crippen LogP contribution in [0, 0.1) is 19.3 Å². The van der Waals surface area contributed by atoms with Gasteiger partial charge in [0.1, 0.15) is 18.2 Å². The van der Waals surface area contributed by atoms with E-state index in [0.29, 0.717) is 43.4 Å². The molecule has 0 atom stereocenters. The van der Waals surface area contributed by atoms with Crippen molar-refractivity contribution in [3.63, 3.8) is 0 Å². The Morgan fingerprint density at radius 2 is 1.95 bits per heavy atom. The van der Waals surface area contributed by atoms with Crippen LogP contribution in [0.5, 0.6) is 5.75 Å². The molecule has 0 bridgehead atoms. The number of rotatable bonds is 8. The molecule has 0 fully saturated rings. The highest BCUT2D eigenvalue weighted by atomic mass is 16.5. The molecule has 1 aromatic rings. The quantitative estimate of drug-likeness (QED) is 0.417. The van der Waals surface area contributed by atoms with Crippen LogP contribution in [0.25, 0.3) is 0 Å². The monoisotopic (exact) mass is 267 g/mol. The van der Waals surface area contributed by atoms with Crippen LogP contribution in [0.15, 0.2) is 6.07 Å². The summed E-state index contributed by atoms with van der Waals surface area (Å²) in [6.45, 7) is 5.64. The van der Waals surface area contributed by atoms with E-state index in [0.717, 1.165) is 5.69 Å². The number of pyridine rings is 1. The Bertz CT molecular complexity index is 435. The SMILES string of the molecule is COCCOCCOc1cc(C)nc(C)c1C(=N)N. The summed E-state index contributed by atoms with van der Waals surface area (Å²) < 4.78 is 15.8. The van der Waals surface area contributed by atoms with E-state index in [9.17, 15) is 0 Å². The number of nitrogens with zero attached hydrogens (tertiary/aromatic N) is 1. The maximum atomic E-state index is 7.57. The third kappa shape index (κ3) is 4.84. The van der Waals surface area contributed by atoms with E-state index < -0.39 is 0 Å². The van der Waals surface area contributed by atoms with Gasteiger partial charge in [0.25, 0.3) is 0 Å². The van der Waals surface area contributed by atoms with Crippen LogP contribution in [0.2, 0.25) is 0 Å². The third-order valence-corrected chi connectivity index (χ3v) is 2.48. The molecule has 0 radical (unpaired) electrons.